The van der Waals surface area contributed by atoms with Gasteiger partial charge >= 0.3 is 0 Å². The molecule has 2 atom stereocenters. The molecule has 1 aromatic rings. The van der Waals surface area contributed by atoms with Gasteiger partial charge in [0, 0.05) is 12.6 Å². The van der Waals surface area contributed by atoms with E-state index in [2.05, 4.69) is 6.07 Å². The van der Waals surface area contributed by atoms with Gasteiger partial charge in [0.1, 0.15) is 5.75 Å². The largest absolute Gasteiger partial charge is 0.493 e. The van der Waals surface area contributed by atoms with Crippen LogP contribution in [0.2, 0.25) is 0 Å². The van der Waals surface area contributed by atoms with E-state index in [1.165, 1.54) is 0 Å². The molecule has 0 saturated carbocycles. The van der Waals surface area contributed by atoms with Gasteiger partial charge in [-0.2, -0.15) is 0 Å². The summed E-state index contributed by atoms with van der Waals surface area (Å²) in [5, 5.41) is 0. The molecule has 2 amide bonds. The summed E-state index contributed by atoms with van der Waals surface area (Å²) in [4.78, 5) is 25.5. The molecule has 0 bridgehead atoms. The lowest BCUT2D eigenvalue weighted by Gasteiger charge is -2.37. The number of ether oxygens (including phenoxy) is 1. The lowest BCUT2D eigenvalue weighted by Crippen LogP contribution is -2.48. The monoisotopic (exact) mass is 318 g/mol. The normalized spacial score (nSPS) is 21.1. The zero-order chi connectivity index (χ0) is 17.0. The molecule has 1 aliphatic heterocycles. The van der Waals surface area contributed by atoms with E-state index in [-0.39, 0.29) is 23.8 Å². The van der Waals surface area contributed by atoms with Crippen LogP contribution in [0.1, 0.15) is 37.3 Å². The van der Waals surface area contributed by atoms with Crippen molar-refractivity contribution in [2.75, 3.05) is 13.2 Å². The summed E-state index contributed by atoms with van der Waals surface area (Å²) >= 11 is 0. The first-order valence-electron chi connectivity index (χ1n) is 8.16. The van der Waals surface area contributed by atoms with Gasteiger partial charge in [0.2, 0.25) is 11.8 Å². The van der Waals surface area contributed by atoms with Gasteiger partial charge in [-0.15, -0.1) is 0 Å². The predicted octanol–water partition coefficient (Wildman–Crippen LogP) is 2.18. The molecule has 0 spiro atoms. The quantitative estimate of drug-likeness (QED) is 0.904. The number of carbonyl (C=O) groups excluding carboxylic acids is 2. The highest BCUT2D eigenvalue weighted by Crippen LogP contribution is 2.22. The molecule has 1 fully saturated rings. The SMILES string of the molecule is Cc1cc(C)cc(OCCC(=O)N2C[C@H](C(N)=O)CC[C@@H]2C)c1. The lowest BCUT2D eigenvalue weighted by molar-refractivity contribution is -0.138. The Morgan fingerprint density at radius 2 is 1.87 bits per heavy atom. The molecule has 23 heavy (non-hydrogen) atoms. The fourth-order valence-corrected chi connectivity index (χ4v) is 3.10. The van der Waals surface area contributed by atoms with Gasteiger partial charge in [0.25, 0.3) is 0 Å². The molecule has 2 N–H and O–H groups in total. The number of hydrogen-bond donors (Lipinski definition) is 1. The molecule has 1 heterocycles. The number of benzene rings is 1. The first kappa shape index (κ1) is 17.3. The molecule has 5 heteroatoms. The minimum absolute atomic E-state index is 0.0211. The van der Waals surface area contributed by atoms with Crippen molar-refractivity contribution in [1.82, 2.24) is 4.90 Å². The summed E-state index contributed by atoms with van der Waals surface area (Å²) in [5.74, 6) is 0.265. The number of primary amides is 1. The molecule has 1 aliphatic rings. The number of hydrogen-bond acceptors (Lipinski definition) is 3. The fraction of sp³-hybridized carbons (Fsp3) is 0.556. The number of nitrogens with two attached hydrogens (primary N) is 1. The zero-order valence-corrected chi connectivity index (χ0v) is 14.2. The Balaban J connectivity index is 1.87. The number of carbonyl (C=O) groups is 2. The van der Waals surface area contributed by atoms with Crippen molar-refractivity contribution >= 4 is 11.8 Å². The Labute approximate surface area is 137 Å². The van der Waals surface area contributed by atoms with Gasteiger partial charge in [-0.05, 0) is 56.9 Å². The second-order valence-electron chi connectivity index (χ2n) is 6.49. The van der Waals surface area contributed by atoms with Crippen LogP contribution in [0.4, 0.5) is 0 Å². The number of piperidine rings is 1. The number of rotatable bonds is 5. The van der Waals surface area contributed by atoms with Crippen molar-refractivity contribution in [3.63, 3.8) is 0 Å². The molecule has 5 nitrogen and oxygen atoms in total. The van der Waals surface area contributed by atoms with Crippen molar-refractivity contribution in [3.05, 3.63) is 29.3 Å². The van der Waals surface area contributed by atoms with Crippen molar-refractivity contribution in [2.24, 2.45) is 11.7 Å². The van der Waals surface area contributed by atoms with E-state index in [1.807, 2.05) is 32.9 Å². The Morgan fingerprint density at radius 1 is 1.22 bits per heavy atom. The van der Waals surface area contributed by atoms with Gasteiger partial charge in [0.15, 0.2) is 0 Å². The van der Waals surface area contributed by atoms with E-state index in [4.69, 9.17) is 10.5 Å². The van der Waals surface area contributed by atoms with Crippen LogP contribution in [0.5, 0.6) is 5.75 Å². The minimum Gasteiger partial charge on any atom is -0.493 e. The molecular formula is C18H26N2O3. The molecule has 0 unspecified atom stereocenters. The standard InChI is InChI=1S/C18H26N2O3/c1-12-8-13(2)10-16(9-12)23-7-6-17(21)20-11-15(18(19)22)5-4-14(20)3/h8-10,14-15H,4-7,11H2,1-3H3,(H2,19,22)/t14-,15+/m0/s1. The van der Waals surface area contributed by atoms with Crippen molar-refractivity contribution in [1.29, 1.82) is 0 Å². The Kier molecular flexibility index (Phi) is 5.64. The highest BCUT2D eigenvalue weighted by molar-refractivity contribution is 5.80. The number of amides is 2. The molecule has 2 rings (SSSR count). The fourth-order valence-electron chi connectivity index (χ4n) is 3.10. The highest BCUT2D eigenvalue weighted by atomic mass is 16.5. The summed E-state index contributed by atoms with van der Waals surface area (Å²) < 4.78 is 5.70. The van der Waals surface area contributed by atoms with Gasteiger partial charge in [-0.25, -0.2) is 0 Å². The summed E-state index contributed by atoms with van der Waals surface area (Å²) in [5.41, 5.74) is 7.66. The summed E-state index contributed by atoms with van der Waals surface area (Å²) in [6, 6.07) is 6.16. The summed E-state index contributed by atoms with van der Waals surface area (Å²) in [6.07, 6.45) is 1.89. The average molecular weight is 318 g/mol. The first-order valence-corrected chi connectivity index (χ1v) is 8.16. The third kappa shape index (κ3) is 4.71. The van der Waals surface area contributed by atoms with Crippen molar-refractivity contribution < 1.29 is 14.3 Å². The van der Waals surface area contributed by atoms with Crippen LogP contribution in [0.25, 0.3) is 0 Å². The summed E-state index contributed by atoms with van der Waals surface area (Å²) in [6.45, 7) is 6.82. The maximum absolute atomic E-state index is 12.4. The topological polar surface area (TPSA) is 72.6 Å². The van der Waals surface area contributed by atoms with Crippen LogP contribution in [0.15, 0.2) is 18.2 Å². The van der Waals surface area contributed by atoms with E-state index in [1.54, 1.807) is 4.90 Å². The highest BCUT2D eigenvalue weighted by Gasteiger charge is 2.31. The van der Waals surface area contributed by atoms with Crippen LogP contribution >= 0.6 is 0 Å². The number of aryl methyl sites for hydroxylation is 2. The van der Waals surface area contributed by atoms with Gasteiger partial charge in [-0.3, -0.25) is 9.59 Å². The van der Waals surface area contributed by atoms with E-state index in [0.29, 0.717) is 19.6 Å². The van der Waals surface area contributed by atoms with Crippen molar-refractivity contribution in [3.8, 4) is 5.75 Å². The second kappa shape index (κ2) is 7.49. The maximum Gasteiger partial charge on any atom is 0.226 e. The van der Waals surface area contributed by atoms with E-state index in [0.717, 1.165) is 29.7 Å². The first-order chi connectivity index (χ1) is 10.9. The van der Waals surface area contributed by atoms with E-state index in [9.17, 15) is 9.59 Å². The molecule has 126 valence electrons. The zero-order valence-electron chi connectivity index (χ0n) is 14.2. The van der Waals surface area contributed by atoms with Crippen molar-refractivity contribution in [2.45, 2.75) is 46.1 Å². The Hall–Kier alpha value is -2.04. The van der Waals surface area contributed by atoms with E-state index < -0.39 is 0 Å². The number of likely N-dealkylation sites (tertiary alicyclic amines) is 1. The Morgan fingerprint density at radius 3 is 2.48 bits per heavy atom. The minimum atomic E-state index is -0.318. The molecule has 1 saturated heterocycles. The third-order valence-electron chi connectivity index (χ3n) is 4.38. The van der Waals surface area contributed by atoms with Gasteiger partial charge < -0.3 is 15.4 Å². The van der Waals surface area contributed by atoms with Crippen LogP contribution in [0.3, 0.4) is 0 Å². The third-order valence-corrected chi connectivity index (χ3v) is 4.38. The maximum atomic E-state index is 12.4. The lowest BCUT2D eigenvalue weighted by atomic mass is 9.92. The molecule has 0 aromatic heterocycles. The van der Waals surface area contributed by atoms with E-state index >= 15 is 0 Å². The second-order valence-corrected chi connectivity index (χ2v) is 6.49. The van der Waals surface area contributed by atoms with Gasteiger partial charge in [0.05, 0.1) is 18.9 Å². The summed E-state index contributed by atoms with van der Waals surface area (Å²) in [7, 11) is 0. The van der Waals surface area contributed by atoms with Crippen LogP contribution in [0, 0.1) is 19.8 Å². The smallest absolute Gasteiger partial charge is 0.226 e. The Bertz CT molecular complexity index is 565. The molecule has 1 aromatic carbocycles. The van der Waals surface area contributed by atoms with Gasteiger partial charge in [-0.1, -0.05) is 6.07 Å². The number of nitrogens with zero attached hydrogens (tertiary/aromatic N) is 1. The van der Waals surface area contributed by atoms with Crippen LogP contribution < -0.4 is 10.5 Å². The van der Waals surface area contributed by atoms with Crippen LogP contribution in [-0.4, -0.2) is 35.9 Å². The molecule has 0 radical (unpaired) electrons. The van der Waals surface area contributed by atoms with Crippen LogP contribution in [-0.2, 0) is 9.59 Å². The molecular weight excluding hydrogens is 292 g/mol. The average Bonchev–Trinajstić information content (AvgIpc) is 2.46. The predicted molar refractivity (Wildman–Crippen MR) is 89.1 cm³/mol. The molecule has 0 aliphatic carbocycles.